The third-order valence-electron chi connectivity index (χ3n) is 4.10. The summed E-state index contributed by atoms with van der Waals surface area (Å²) in [7, 11) is 0. The summed E-state index contributed by atoms with van der Waals surface area (Å²) in [6.07, 6.45) is 0. The van der Waals surface area contributed by atoms with Crippen LogP contribution < -0.4 is 10.5 Å². The quantitative estimate of drug-likeness (QED) is 0.639. The predicted molar refractivity (Wildman–Crippen MR) is 89.7 cm³/mol. The van der Waals surface area contributed by atoms with Crippen LogP contribution in [0.15, 0.2) is 35.7 Å². The Labute approximate surface area is 144 Å². The zero-order valence-electron chi connectivity index (χ0n) is 14.0. The van der Waals surface area contributed by atoms with Gasteiger partial charge in [-0.3, -0.25) is 15.2 Å². The first-order valence-electron chi connectivity index (χ1n) is 7.64. The fourth-order valence-corrected chi connectivity index (χ4v) is 2.97. The van der Waals surface area contributed by atoms with Crippen LogP contribution in [0.2, 0.25) is 0 Å². The second-order valence-electron chi connectivity index (χ2n) is 6.84. The molecule has 1 aromatic carbocycles. The molecule has 3 rings (SSSR count). The van der Waals surface area contributed by atoms with Gasteiger partial charge in [-0.15, -0.1) is 5.10 Å². The minimum atomic E-state index is -0.582. The van der Waals surface area contributed by atoms with Crippen molar-refractivity contribution in [3.05, 3.63) is 62.7 Å². The lowest BCUT2D eigenvalue weighted by atomic mass is 9.79. The van der Waals surface area contributed by atoms with Crippen LogP contribution in [0.1, 0.15) is 43.5 Å². The maximum absolute atomic E-state index is 11.1. The second-order valence-corrected chi connectivity index (χ2v) is 6.84. The molecule has 2 aromatic rings. The molecule has 0 radical (unpaired) electrons. The van der Waals surface area contributed by atoms with Gasteiger partial charge in [-0.05, 0) is 5.56 Å². The molecule has 128 valence electrons. The molecule has 1 unspecified atom stereocenters. The summed E-state index contributed by atoms with van der Waals surface area (Å²) in [6.45, 7) is 6.00. The Kier molecular flexibility index (Phi) is 3.72. The number of nitrogens with two attached hydrogens (primary N) is 1. The van der Waals surface area contributed by atoms with Crippen LogP contribution >= 0.6 is 0 Å². The van der Waals surface area contributed by atoms with Crippen molar-refractivity contribution < 1.29 is 9.66 Å². The Hall–Kier alpha value is -3.34. The number of ether oxygens (including phenoxy) is 1. The topological polar surface area (TPSA) is 131 Å². The number of nitro benzene ring substituents is 1. The lowest BCUT2D eigenvalue weighted by Crippen LogP contribution is -2.23. The van der Waals surface area contributed by atoms with Crippen molar-refractivity contribution >= 4 is 5.69 Å². The highest BCUT2D eigenvalue weighted by molar-refractivity contribution is 5.57. The third-order valence-corrected chi connectivity index (χ3v) is 4.10. The molecule has 0 spiro atoms. The Morgan fingerprint density at radius 1 is 1.44 bits per heavy atom. The molecule has 1 aliphatic rings. The molecular formula is C17H17N5O3. The summed E-state index contributed by atoms with van der Waals surface area (Å²) >= 11 is 0. The molecule has 2 heterocycles. The highest BCUT2D eigenvalue weighted by Gasteiger charge is 2.38. The Morgan fingerprint density at radius 2 is 2.16 bits per heavy atom. The standard InChI is InChI=1S/C17H17N5O3/c1-17(2,3)14-13-12(9-5-4-6-10(7-9)22(23)24)11(8-18)15(19)25-16(13)21-20-14/h4-7,12H,19H2,1-3H3,(H,20,21). The zero-order chi connectivity index (χ0) is 18.4. The fraction of sp³-hybridized carbons (Fsp3) is 0.294. The molecule has 0 fully saturated rings. The number of hydrogen-bond donors (Lipinski definition) is 2. The van der Waals surface area contributed by atoms with Gasteiger partial charge in [-0.1, -0.05) is 32.9 Å². The van der Waals surface area contributed by atoms with E-state index < -0.39 is 10.8 Å². The number of fused-ring (bicyclic) bond motifs is 1. The van der Waals surface area contributed by atoms with Crippen LogP contribution in [-0.2, 0) is 5.41 Å². The summed E-state index contributed by atoms with van der Waals surface area (Å²) in [6, 6.07) is 8.25. The van der Waals surface area contributed by atoms with Crippen molar-refractivity contribution in [2.45, 2.75) is 32.1 Å². The summed E-state index contributed by atoms with van der Waals surface area (Å²) in [4.78, 5) is 10.7. The Balaban J connectivity index is 2.28. The van der Waals surface area contributed by atoms with Gasteiger partial charge in [-0.2, -0.15) is 5.26 Å². The van der Waals surface area contributed by atoms with Gasteiger partial charge in [0.15, 0.2) is 0 Å². The number of nitrogens with one attached hydrogen (secondary N) is 1. The molecule has 1 aromatic heterocycles. The molecule has 8 heteroatoms. The number of rotatable bonds is 2. The van der Waals surface area contributed by atoms with E-state index in [1.54, 1.807) is 12.1 Å². The number of aromatic nitrogens is 2. The van der Waals surface area contributed by atoms with Gasteiger partial charge in [-0.25, -0.2) is 0 Å². The van der Waals surface area contributed by atoms with Gasteiger partial charge in [0.2, 0.25) is 11.8 Å². The lowest BCUT2D eigenvalue weighted by Gasteiger charge is -2.27. The number of H-pyrrole nitrogens is 1. The first kappa shape index (κ1) is 16.5. The number of aromatic amines is 1. The van der Waals surface area contributed by atoms with E-state index >= 15 is 0 Å². The van der Waals surface area contributed by atoms with Crippen molar-refractivity contribution in [1.82, 2.24) is 10.2 Å². The van der Waals surface area contributed by atoms with Crippen molar-refractivity contribution in [2.75, 3.05) is 0 Å². The normalized spacial score (nSPS) is 16.8. The molecule has 3 N–H and O–H groups in total. The van der Waals surface area contributed by atoms with Gasteiger partial charge < -0.3 is 10.5 Å². The van der Waals surface area contributed by atoms with Crippen LogP contribution in [0.4, 0.5) is 5.69 Å². The maximum Gasteiger partial charge on any atom is 0.269 e. The van der Waals surface area contributed by atoms with Gasteiger partial charge in [0.25, 0.3) is 5.69 Å². The minimum Gasteiger partial charge on any atom is -0.420 e. The number of non-ortho nitro benzene ring substituents is 1. The maximum atomic E-state index is 11.1. The first-order chi connectivity index (χ1) is 11.7. The molecule has 1 atom stereocenters. The van der Waals surface area contributed by atoms with Gasteiger partial charge >= 0.3 is 0 Å². The van der Waals surface area contributed by atoms with Crippen LogP contribution in [0.5, 0.6) is 5.88 Å². The smallest absolute Gasteiger partial charge is 0.269 e. The monoisotopic (exact) mass is 339 g/mol. The van der Waals surface area contributed by atoms with Crippen molar-refractivity contribution in [3.63, 3.8) is 0 Å². The van der Waals surface area contributed by atoms with E-state index in [2.05, 4.69) is 16.3 Å². The average molecular weight is 339 g/mol. The molecule has 25 heavy (non-hydrogen) atoms. The second kappa shape index (κ2) is 5.63. The summed E-state index contributed by atoms with van der Waals surface area (Å²) in [5.74, 6) is -0.335. The van der Waals surface area contributed by atoms with Gasteiger partial charge in [0.1, 0.15) is 11.6 Å². The average Bonchev–Trinajstić information content (AvgIpc) is 2.97. The van der Waals surface area contributed by atoms with Crippen LogP contribution in [-0.4, -0.2) is 15.1 Å². The van der Waals surface area contributed by atoms with E-state index in [9.17, 15) is 15.4 Å². The fourth-order valence-electron chi connectivity index (χ4n) is 2.97. The molecule has 1 aliphatic heterocycles. The van der Waals surface area contributed by atoms with Crippen LogP contribution in [0, 0.1) is 21.4 Å². The number of nitro groups is 1. The Morgan fingerprint density at radius 3 is 2.76 bits per heavy atom. The summed E-state index contributed by atoms with van der Waals surface area (Å²) < 4.78 is 5.50. The minimum absolute atomic E-state index is 0.0431. The SMILES string of the molecule is CC(C)(C)c1[nH]nc2c1C(c1cccc([N+](=O)[O-])c1)C(C#N)=C(N)O2. The number of nitriles is 1. The molecule has 8 nitrogen and oxygen atoms in total. The number of nitrogens with zero attached hydrogens (tertiary/aromatic N) is 3. The lowest BCUT2D eigenvalue weighted by molar-refractivity contribution is -0.384. The molecule has 0 saturated heterocycles. The van der Waals surface area contributed by atoms with Crippen LogP contribution in [0.3, 0.4) is 0 Å². The highest BCUT2D eigenvalue weighted by Crippen LogP contribution is 2.45. The molecular weight excluding hydrogens is 322 g/mol. The van der Waals surface area contributed by atoms with Crippen molar-refractivity contribution in [2.24, 2.45) is 5.73 Å². The molecule has 0 saturated carbocycles. The van der Waals surface area contributed by atoms with E-state index in [0.717, 1.165) is 5.69 Å². The van der Waals surface area contributed by atoms with E-state index in [-0.39, 0.29) is 28.4 Å². The van der Waals surface area contributed by atoms with Gasteiger partial charge in [0.05, 0.1) is 16.4 Å². The third kappa shape index (κ3) is 2.70. The van der Waals surface area contributed by atoms with Crippen molar-refractivity contribution in [1.29, 1.82) is 5.26 Å². The van der Waals surface area contributed by atoms with E-state index in [1.165, 1.54) is 12.1 Å². The molecule has 0 aliphatic carbocycles. The van der Waals surface area contributed by atoms with Crippen molar-refractivity contribution in [3.8, 4) is 11.9 Å². The molecule has 0 amide bonds. The Bertz CT molecular complexity index is 930. The van der Waals surface area contributed by atoms with E-state index in [1.807, 2.05) is 20.8 Å². The van der Waals surface area contributed by atoms with Gasteiger partial charge in [0, 0.05) is 23.2 Å². The highest BCUT2D eigenvalue weighted by atomic mass is 16.6. The first-order valence-corrected chi connectivity index (χ1v) is 7.64. The predicted octanol–water partition coefficient (Wildman–Crippen LogP) is 2.83. The van der Waals surface area contributed by atoms with E-state index in [0.29, 0.717) is 11.1 Å². The largest absolute Gasteiger partial charge is 0.420 e. The summed E-state index contributed by atoms with van der Waals surface area (Å²) in [5, 5.41) is 27.9. The number of benzene rings is 1. The number of hydrogen-bond acceptors (Lipinski definition) is 6. The van der Waals surface area contributed by atoms with E-state index in [4.69, 9.17) is 10.5 Å². The number of allylic oxidation sites excluding steroid dienone is 1. The van der Waals surface area contributed by atoms with Crippen LogP contribution in [0.25, 0.3) is 0 Å². The zero-order valence-corrected chi connectivity index (χ0v) is 14.0. The molecule has 0 bridgehead atoms. The summed E-state index contributed by atoms with van der Waals surface area (Å²) in [5.41, 5.74) is 7.81.